The summed E-state index contributed by atoms with van der Waals surface area (Å²) >= 11 is 0. The third kappa shape index (κ3) is 3.91. The van der Waals surface area contributed by atoms with E-state index < -0.39 is 0 Å². The molecule has 0 unspecified atom stereocenters. The molecule has 0 bridgehead atoms. The molecule has 2 aromatic rings. The van der Waals surface area contributed by atoms with Crippen molar-refractivity contribution in [2.75, 3.05) is 52.9 Å². The number of likely N-dealkylation sites (tertiary alicyclic amines) is 1. The summed E-state index contributed by atoms with van der Waals surface area (Å²) < 4.78 is 7.03. The highest BCUT2D eigenvalue weighted by Gasteiger charge is 2.29. The van der Waals surface area contributed by atoms with Crippen LogP contribution in [0.5, 0.6) is 5.88 Å². The number of carbonyl (C=O) groups excluding carboxylic acids is 1. The second-order valence-corrected chi connectivity index (χ2v) is 7.40. The van der Waals surface area contributed by atoms with Crippen LogP contribution < -0.4 is 4.74 Å². The van der Waals surface area contributed by atoms with Gasteiger partial charge < -0.3 is 14.5 Å². The summed E-state index contributed by atoms with van der Waals surface area (Å²) in [5.74, 6) is 0.523. The van der Waals surface area contributed by atoms with E-state index >= 15 is 0 Å². The monoisotopic (exact) mass is 372 g/mol. The van der Waals surface area contributed by atoms with E-state index in [4.69, 9.17) is 4.74 Å². The van der Waals surface area contributed by atoms with Crippen LogP contribution in [0.2, 0.25) is 0 Å². The fourth-order valence-electron chi connectivity index (χ4n) is 4.00. The molecule has 2 aliphatic rings. The van der Waals surface area contributed by atoms with E-state index in [1.54, 1.807) is 16.8 Å². The number of fused-ring (bicyclic) bond motifs is 1. The van der Waals surface area contributed by atoms with Gasteiger partial charge in [-0.25, -0.2) is 9.50 Å². The summed E-state index contributed by atoms with van der Waals surface area (Å²) in [6.45, 7) is 8.22. The van der Waals surface area contributed by atoms with Gasteiger partial charge in [-0.05, 0) is 46.0 Å². The molecule has 27 heavy (non-hydrogen) atoms. The highest BCUT2D eigenvalue weighted by molar-refractivity contribution is 5.93. The van der Waals surface area contributed by atoms with Crippen LogP contribution in [0.1, 0.15) is 30.3 Å². The highest BCUT2D eigenvalue weighted by atomic mass is 16.5. The van der Waals surface area contributed by atoms with Gasteiger partial charge in [-0.3, -0.25) is 9.69 Å². The summed E-state index contributed by atoms with van der Waals surface area (Å²) in [4.78, 5) is 24.2. The van der Waals surface area contributed by atoms with Gasteiger partial charge in [-0.15, -0.1) is 5.10 Å². The Morgan fingerprint density at radius 2 is 1.89 bits per heavy atom. The van der Waals surface area contributed by atoms with E-state index in [0.717, 1.165) is 26.2 Å². The minimum atomic E-state index is -0.0125. The second-order valence-electron chi connectivity index (χ2n) is 7.40. The van der Waals surface area contributed by atoms with E-state index in [1.807, 2.05) is 17.9 Å². The largest absolute Gasteiger partial charge is 0.477 e. The second kappa shape index (κ2) is 7.82. The van der Waals surface area contributed by atoms with Crippen molar-refractivity contribution in [1.82, 2.24) is 29.3 Å². The number of piperazine rings is 1. The van der Waals surface area contributed by atoms with Crippen LogP contribution >= 0.6 is 0 Å². The Kier molecular flexibility index (Phi) is 5.27. The zero-order chi connectivity index (χ0) is 18.8. The third-order valence-electron chi connectivity index (χ3n) is 5.61. The number of rotatable bonds is 4. The fourth-order valence-corrected chi connectivity index (χ4v) is 4.00. The molecule has 2 saturated heterocycles. The van der Waals surface area contributed by atoms with Crippen molar-refractivity contribution in [3.05, 3.63) is 24.0 Å². The third-order valence-corrected chi connectivity index (χ3v) is 5.61. The Labute approximate surface area is 159 Å². The minimum Gasteiger partial charge on any atom is -0.477 e. The van der Waals surface area contributed by atoms with Gasteiger partial charge in [0, 0.05) is 38.3 Å². The zero-order valence-electron chi connectivity index (χ0n) is 16.2. The topological polar surface area (TPSA) is 66.2 Å². The molecule has 2 aromatic heterocycles. The number of hydrogen-bond donors (Lipinski definition) is 0. The Morgan fingerprint density at radius 3 is 2.59 bits per heavy atom. The van der Waals surface area contributed by atoms with Gasteiger partial charge in [0.15, 0.2) is 5.65 Å². The lowest BCUT2D eigenvalue weighted by atomic mass is 10.0. The minimum absolute atomic E-state index is 0.0125. The maximum absolute atomic E-state index is 12.9. The van der Waals surface area contributed by atoms with E-state index in [1.165, 1.54) is 25.9 Å². The number of carbonyl (C=O) groups is 1. The molecule has 4 rings (SSSR count). The number of piperidine rings is 1. The van der Waals surface area contributed by atoms with E-state index in [2.05, 4.69) is 26.9 Å². The molecule has 8 heteroatoms. The van der Waals surface area contributed by atoms with Crippen molar-refractivity contribution < 1.29 is 9.53 Å². The van der Waals surface area contributed by atoms with Crippen molar-refractivity contribution in [3.63, 3.8) is 0 Å². The first kappa shape index (κ1) is 18.2. The maximum atomic E-state index is 12.9. The lowest BCUT2D eigenvalue weighted by molar-refractivity contribution is 0.0471. The average molecular weight is 372 g/mol. The Balaban J connectivity index is 1.38. The Bertz CT molecular complexity index is 791. The van der Waals surface area contributed by atoms with Crippen molar-refractivity contribution in [2.24, 2.45) is 0 Å². The van der Waals surface area contributed by atoms with Gasteiger partial charge in [0.25, 0.3) is 5.91 Å². The van der Waals surface area contributed by atoms with Crippen LogP contribution in [0, 0.1) is 0 Å². The van der Waals surface area contributed by atoms with Crippen molar-refractivity contribution in [1.29, 1.82) is 0 Å². The van der Waals surface area contributed by atoms with Crippen LogP contribution in [0.3, 0.4) is 0 Å². The molecule has 4 heterocycles. The Morgan fingerprint density at radius 1 is 1.15 bits per heavy atom. The molecule has 0 N–H and O–H groups in total. The SMILES string of the molecule is CCOc1ccc2nc(C(=O)N3CCN(C4CCN(C)CC4)CC3)cn2n1. The van der Waals surface area contributed by atoms with Crippen molar-refractivity contribution in [3.8, 4) is 5.88 Å². The van der Waals surface area contributed by atoms with Gasteiger partial charge in [0.1, 0.15) is 5.69 Å². The van der Waals surface area contributed by atoms with Gasteiger partial charge in [-0.2, -0.15) is 0 Å². The predicted octanol–water partition coefficient (Wildman–Crippen LogP) is 0.980. The molecule has 1 amide bonds. The molecule has 0 aromatic carbocycles. The van der Waals surface area contributed by atoms with Crippen LogP contribution in [-0.2, 0) is 0 Å². The molecule has 2 fully saturated rings. The number of ether oxygens (including phenoxy) is 1. The van der Waals surface area contributed by atoms with Crippen LogP contribution in [0.15, 0.2) is 18.3 Å². The molecule has 0 atom stereocenters. The van der Waals surface area contributed by atoms with Crippen LogP contribution in [0.25, 0.3) is 5.65 Å². The average Bonchev–Trinajstić information content (AvgIpc) is 3.12. The molecule has 0 spiro atoms. The number of nitrogens with zero attached hydrogens (tertiary/aromatic N) is 6. The number of aromatic nitrogens is 3. The van der Waals surface area contributed by atoms with Gasteiger partial charge >= 0.3 is 0 Å². The van der Waals surface area contributed by atoms with E-state index in [0.29, 0.717) is 29.9 Å². The normalized spacial score (nSPS) is 20.3. The smallest absolute Gasteiger partial charge is 0.274 e. The van der Waals surface area contributed by atoms with Crippen LogP contribution in [0.4, 0.5) is 0 Å². The maximum Gasteiger partial charge on any atom is 0.274 e. The fraction of sp³-hybridized carbons (Fsp3) is 0.632. The first-order chi connectivity index (χ1) is 13.1. The molecule has 146 valence electrons. The Hall–Kier alpha value is -2.19. The molecule has 2 aliphatic heterocycles. The first-order valence-corrected chi connectivity index (χ1v) is 9.85. The summed E-state index contributed by atoms with van der Waals surface area (Å²) in [6.07, 6.45) is 4.15. The lowest BCUT2D eigenvalue weighted by Gasteiger charge is -2.42. The predicted molar refractivity (Wildman–Crippen MR) is 102 cm³/mol. The number of hydrogen-bond acceptors (Lipinski definition) is 6. The number of imidazole rings is 1. The molecule has 0 aliphatic carbocycles. The summed E-state index contributed by atoms with van der Waals surface area (Å²) in [5.41, 5.74) is 1.11. The molecule has 0 radical (unpaired) electrons. The van der Waals surface area contributed by atoms with Crippen LogP contribution in [-0.4, -0.2) is 94.2 Å². The highest BCUT2D eigenvalue weighted by Crippen LogP contribution is 2.18. The standard InChI is InChI=1S/C19H28N6O2/c1-3-27-18-5-4-17-20-16(14-25(17)21-18)19(26)24-12-10-23(11-13-24)15-6-8-22(2)9-7-15/h4-5,14-15H,3,6-13H2,1-2H3. The first-order valence-electron chi connectivity index (χ1n) is 9.85. The van der Waals surface area contributed by atoms with Gasteiger partial charge in [-0.1, -0.05) is 0 Å². The van der Waals surface area contributed by atoms with Crippen molar-refractivity contribution in [2.45, 2.75) is 25.8 Å². The van der Waals surface area contributed by atoms with E-state index in [9.17, 15) is 4.79 Å². The lowest BCUT2D eigenvalue weighted by Crippen LogP contribution is -2.54. The number of amides is 1. The van der Waals surface area contributed by atoms with Gasteiger partial charge in [0.05, 0.1) is 12.8 Å². The van der Waals surface area contributed by atoms with E-state index in [-0.39, 0.29) is 5.91 Å². The zero-order valence-corrected chi connectivity index (χ0v) is 16.2. The summed E-state index contributed by atoms with van der Waals surface area (Å²) in [5, 5.41) is 4.34. The molecule has 0 saturated carbocycles. The summed E-state index contributed by atoms with van der Waals surface area (Å²) in [7, 11) is 2.19. The molecule has 8 nitrogen and oxygen atoms in total. The summed E-state index contributed by atoms with van der Waals surface area (Å²) in [6, 6.07) is 4.27. The molecular weight excluding hydrogens is 344 g/mol. The van der Waals surface area contributed by atoms with Crippen molar-refractivity contribution >= 4 is 11.6 Å². The van der Waals surface area contributed by atoms with Gasteiger partial charge in [0.2, 0.25) is 5.88 Å². The molecular formula is C19H28N6O2. The quantitative estimate of drug-likeness (QED) is 0.797.